The Morgan fingerprint density at radius 3 is 2.38 bits per heavy atom. The van der Waals surface area contributed by atoms with Crippen molar-refractivity contribution in [2.45, 2.75) is 45.3 Å². The first-order valence-corrected chi connectivity index (χ1v) is 8.21. The van der Waals surface area contributed by atoms with Gasteiger partial charge in [-0.2, -0.15) is 0 Å². The van der Waals surface area contributed by atoms with Gasteiger partial charge in [0.05, 0.1) is 6.10 Å². The van der Waals surface area contributed by atoms with Gasteiger partial charge in [0, 0.05) is 19.1 Å². The molecule has 0 aliphatic heterocycles. The molecule has 1 fully saturated rings. The third-order valence-corrected chi connectivity index (χ3v) is 4.29. The average Bonchev–Trinajstić information content (AvgIpc) is 2.41. The van der Waals surface area contributed by atoms with Gasteiger partial charge in [-0.25, -0.2) is 0 Å². The second-order valence-electron chi connectivity index (χ2n) is 6.60. The van der Waals surface area contributed by atoms with Crippen LogP contribution < -0.4 is 10.1 Å². The van der Waals surface area contributed by atoms with Crippen LogP contribution in [0.5, 0.6) is 5.75 Å². The van der Waals surface area contributed by atoms with Gasteiger partial charge in [0.2, 0.25) is 0 Å². The van der Waals surface area contributed by atoms with Gasteiger partial charge in [-0.1, -0.05) is 18.6 Å². The van der Waals surface area contributed by atoms with Crippen LogP contribution in [0.4, 0.5) is 0 Å². The number of nitrogens with one attached hydrogen (secondary N) is 1. The SMILES string of the molecule is CNC(CN(C)CC1CCC1)c1ccc(OC(C)C)cc1. The Morgan fingerprint density at radius 2 is 1.90 bits per heavy atom. The van der Waals surface area contributed by atoms with E-state index in [1.807, 2.05) is 7.05 Å². The van der Waals surface area contributed by atoms with Crippen LogP contribution in [0.1, 0.15) is 44.7 Å². The second kappa shape index (κ2) is 7.81. The minimum Gasteiger partial charge on any atom is -0.491 e. The number of benzene rings is 1. The number of nitrogens with zero attached hydrogens (tertiary/aromatic N) is 1. The fourth-order valence-corrected chi connectivity index (χ4v) is 2.92. The van der Waals surface area contributed by atoms with E-state index in [1.165, 1.54) is 31.4 Å². The molecule has 1 aromatic carbocycles. The lowest BCUT2D eigenvalue weighted by atomic mass is 9.85. The van der Waals surface area contributed by atoms with Crippen LogP contribution in [0.3, 0.4) is 0 Å². The molecule has 1 saturated carbocycles. The van der Waals surface area contributed by atoms with Gasteiger partial charge in [0.15, 0.2) is 0 Å². The Labute approximate surface area is 129 Å². The summed E-state index contributed by atoms with van der Waals surface area (Å²) in [6.07, 6.45) is 4.47. The summed E-state index contributed by atoms with van der Waals surface area (Å²) >= 11 is 0. The molecule has 21 heavy (non-hydrogen) atoms. The molecule has 1 aliphatic carbocycles. The lowest BCUT2D eigenvalue weighted by molar-refractivity contribution is 0.193. The molecule has 0 amide bonds. The molecule has 0 saturated heterocycles. The molecule has 1 atom stereocenters. The third kappa shape index (κ3) is 5.01. The van der Waals surface area contributed by atoms with Crippen molar-refractivity contribution in [2.24, 2.45) is 5.92 Å². The Balaban J connectivity index is 1.89. The normalized spacial score (nSPS) is 17.0. The molecule has 0 heterocycles. The lowest BCUT2D eigenvalue weighted by Crippen LogP contribution is -2.35. The first-order chi connectivity index (χ1) is 10.1. The van der Waals surface area contributed by atoms with Crippen molar-refractivity contribution in [3.05, 3.63) is 29.8 Å². The van der Waals surface area contributed by atoms with Gasteiger partial charge in [-0.3, -0.25) is 0 Å². The Morgan fingerprint density at radius 1 is 1.24 bits per heavy atom. The summed E-state index contributed by atoms with van der Waals surface area (Å²) in [4.78, 5) is 2.46. The van der Waals surface area contributed by atoms with E-state index in [9.17, 15) is 0 Å². The number of rotatable bonds is 8. The van der Waals surface area contributed by atoms with E-state index in [0.29, 0.717) is 6.04 Å². The smallest absolute Gasteiger partial charge is 0.119 e. The van der Waals surface area contributed by atoms with E-state index in [-0.39, 0.29) is 6.10 Å². The van der Waals surface area contributed by atoms with Crippen LogP contribution in [-0.2, 0) is 0 Å². The van der Waals surface area contributed by atoms with Crippen molar-refractivity contribution >= 4 is 0 Å². The summed E-state index contributed by atoms with van der Waals surface area (Å²) < 4.78 is 5.71. The molecule has 0 radical (unpaired) electrons. The predicted octanol–water partition coefficient (Wildman–Crippen LogP) is 3.47. The van der Waals surface area contributed by atoms with Gasteiger partial charge in [0.1, 0.15) is 5.75 Å². The fraction of sp³-hybridized carbons (Fsp3) is 0.667. The molecule has 2 rings (SSSR count). The topological polar surface area (TPSA) is 24.5 Å². The number of likely N-dealkylation sites (N-methyl/N-ethyl adjacent to an activating group) is 2. The standard InChI is InChI=1S/C18H30N2O/c1-14(2)21-17-10-8-16(9-11-17)18(19-3)13-20(4)12-15-6-5-7-15/h8-11,14-15,18-19H,5-7,12-13H2,1-4H3. The van der Waals surface area contributed by atoms with Crippen molar-refractivity contribution in [3.63, 3.8) is 0 Å². The number of hydrogen-bond acceptors (Lipinski definition) is 3. The minimum absolute atomic E-state index is 0.226. The Hall–Kier alpha value is -1.06. The fourth-order valence-electron chi connectivity index (χ4n) is 2.92. The molecule has 3 heteroatoms. The van der Waals surface area contributed by atoms with Gasteiger partial charge < -0.3 is 15.0 Å². The maximum Gasteiger partial charge on any atom is 0.119 e. The van der Waals surface area contributed by atoms with Crippen molar-refractivity contribution in [2.75, 3.05) is 27.2 Å². The molecular formula is C18H30N2O. The zero-order valence-corrected chi connectivity index (χ0v) is 13.9. The molecule has 1 N–H and O–H groups in total. The zero-order chi connectivity index (χ0) is 15.2. The highest BCUT2D eigenvalue weighted by Crippen LogP contribution is 2.27. The first kappa shape index (κ1) is 16.3. The molecular weight excluding hydrogens is 260 g/mol. The highest BCUT2D eigenvalue weighted by Gasteiger charge is 2.20. The predicted molar refractivity (Wildman–Crippen MR) is 88.8 cm³/mol. The van der Waals surface area contributed by atoms with Gasteiger partial charge in [0.25, 0.3) is 0 Å². The molecule has 118 valence electrons. The maximum absolute atomic E-state index is 5.71. The summed E-state index contributed by atoms with van der Waals surface area (Å²) in [7, 11) is 4.28. The minimum atomic E-state index is 0.226. The quantitative estimate of drug-likeness (QED) is 0.793. The Kier molecular flexibility index (Phi) is 6.07. The van der Waals surface area contributed by atoms with E-state index in [4.69, 9.17) is 4.74 Å². The highest BCUT2D eigenvalue weighted by atomic mass is 16.5. The van der Waals surface area contributed by atoms with Crippen molar-refractivity contribution in [1.82, 2.24) is 10.2 Å². The van der Waals surface area contributed by atoms with Crippen LogP contribution in [0, 0.1) is 5.92 Å². The average molecular weight is 290 g/mol. The van der Waals surface area contributed by atoms with Crippen LogP contribution in [-0.4, -0.2) is 38.2 Å². The van der Waals surface area contributed by atoms with E-state index < -0.39 is 0 Å². The highest BCUT2D eigenvalue weighted by molar-refractivity contribution is 5.29. The van der Waals surface area contributed by atoms with Gasteiger partial charge in [-0.15, -0.1) is 0 Å². The molecule has 0 bridgehead atoms. The van der Waals surface area contributed by atoms with E-state index >= 15 is 0 Å². The monoisotopic (exact) mass is 290 g/mol. The number of hydrogen-bond donors (Lipinski definition) is 1. The number of ether oxygens (including phenoxy) is 1. The largest absolute Gasteiger partial charge is 0.491 e. The van der Waals surface area contributed by atoms with E-state index in [1.54, 1.807) is 0 Å². The summed E-state index contributed by atoms with van der Waals surface area (Å²) in [5.74, 6) is 1.88. The summed E-state index contributed by atoms with van der Waals surface area (Å²) in [6.45, 7) is 6.39. The van der Waals surface area contributed by atoms with Crippen LogP contribution in [0.15, 0.2) is 24.3 Å². The van der Waals surface area contributed by atoms with Crippen molar-refractivity contribution < 1.29 is 4.74 Å². The molecule has 1 aliphatic rings. The summed E-state index contributed by atoms with van der Waals surface area (Å²) in [6, 6.07) is 8.88. The summed E-state index contributed by atoms with van der Waals surface area (Å²) in [5.41, 5.74) is 1.33. The molecule has 3 nitrogen and oxygen atoms in total. The summed E-state index contributed by atoms with van der Waals surface area (Å²) in [5, 5.41) is 3.44. The van der Waals surface area contributed by atoms with E-state index in [2.05, 4.69) is 55.4 Å². The first-order valence-electron chi connectivity index (χ1n) is 8.21. The van der Waals surface area contributed by atoms with E-state index in [0.717, 1.165) is 18.2 Å². The maximum atomic E-state index is 5.71. The molecule has 0 aromatic heterocycles. The lowest BCUT2D eigenvalue weighted by Gasteiger charge is -2.32. The van der Waals surface area contributed by atoms with Crippen LogP contribution in [0.25, 0.3) is 0 Å². The molecule has 1 aromatic rings. The molecule has 1 unspecified atom stereocenters. The zero-order valence-electron chi connectivity index (χ0n) is 13.9. The van der Waals surface area contributed by atoms with Crippen molar-refractivity contribution in [1.29, 1.82) is 0 Å². The van der Waals surface area contributed by atoms with Crippen molar-refractivity contribution in [3.8, 4) is 5.75 Å². The van der Waals surface area contributed by atoms with Gasteiger partial charge in [-0.05, 0) is 64.4 Å². The van der Waals surface area contributed by atoms with Crippen LogP contribution >= 0.6 is 0 Å². The second-order valence-corrected chi connectivity index (χ2v) is 6.60. The third-order valence-electron chi connectivity index (χ3n) is 4.29. The van der Waals surface area contributed by atoms with Crippen LogP contribution in [0.2, 0.25) is 0 Å². The Bertz CT molecular complexity index is 412. The van der Waals surface area contributed by atoms with Gasteiger partial charge >= 0.3 is 0 Å². The molecule has 0 spiro atoms.